The minimum atomic E-state index is -0.298. The Bertz CT molecular complexity index is 1150. The van der Waals surface area contributed by atoms with Crippen molar-refractivity contribution >= 4 is 29.1 Å². The molecule has 0 aromatic heterocycles. The molecular weight excluding hydrogens is 500 g/mol. The zero-order valence-electron chi connectivity index (χ0n) is 21.5. The van der Waals surface area contributed by atoms with Gasteiger partial charge in [0.15, 0.2) is 0 Å². The lowest BCUT2D eigenvalue weighted by molar-refractivity contribution is -0.122. The first-order chi connectivity index (χ1) is 18.5. The maximum atomic E-state index is 12.8. The summed E-state index contributed by atoms with van der Waals surface area (Å²) >= 11 is 5.92. The van der Waals surface area contributed by atoms with E-state index < -0.39 is 0 Å². The Morgan fingerprint density at radius 2 is 1.53 bits per heavy atom. The smallest absolute Gasteiger partial charge is 0.239 e. The molecule has 200 valence electrons. The lowest BCUT2D eigenvalue weighted by atomic mass is 10.0. The molecular formula is C30H35ClN4O3. The van der Waals surface area contributed by atoms with Gasteiger partial charge >= 0.3 is 0 Å². The SMILES string of the molecule is O=C(CC(Cc1ccccc1)NC(=O)CNc1ccc(Oc2ccc(Cl)cc2)cc1)NCCN1CCCC1. The van der Waals surface area contributed by atoms with Gasteiger partial charge in [0.2, 0.25) is 11.8 Å². The zero-order chi connectivity index (χ0) is 26.6. The number of hydrogen-bond acceptors (Lipinski definition) is 5. The number of carbonyl (C=O) groups is 2. The van der Waals surface area contributed by atoms with Crippen molar-refractivity contribution < 1.29 is 14.3 Å². The number of likely N-dealkylation sites (tertiary alicyclic amines) is 1. The van der Waals surface area contributed by atoms with Crippen LogP contribution in [-0.4, -0.2) is 55.5 Å². The molecule has 0 spiro atoms. The van der Waals surface area contributed by atoms with Crippen molar-refractivity contribution in [1.82, 2.24) is 15.5 Å². The van der Waals surface area contributed by atoms with E-state index in [1.165, 1.54) is 12.8 Å². The molecule has 1 aliphatic rings. The number of rotatable bonds is 13. The number of nitrogens with zero attached hydrogens (tertiary/aromatic N) is 1. The van der Waals surface area contributed by atoms with Crippen LogP contribution in [0.1, 0.15) is 24.8 Å². The van der Waals surface area contributed by atoms with Gasteiger partial charge in [0.25, 0.3) is 0 Å². The molecule has 4 rings (SSSR count). The summed E-state index contributed by atoms with van der Waals surface area (Å²) in [6.07, 6.45) is 3.28. The summed E-state index contributed by atoms with van der Waals surface area (Å²) in [6.45, 7) is 3.81. The van der Waals surface area contributed by atoms with Gasteiger partial charge in [-0.3, -0.25) is 9.59 Å². The Labute approximate surface area is 229 Å². The van der Waals surface area contributed by atoms with Gasteiger partial charge in [-0.05, 0) is 86.4 Å². The summed E-state index contributed by atoms with van der Waals surface area (Å²) < 4.78 is 5.81. The van der Waals surface area contributed by atoms with E-state index in [-0.39, 0.29) is 30.8 Å². The van der Waals surface area contributed by atoms with Gasteiger partial charge in [0.1, 0.15) is 11.5 Å². The van der Waals surface area contributed by atoms with Crippen molar-refractivity contribution in [3.8, 4) is 11.5 Å². The van der Waals surface area contributed by atoms with Crippen LogP contribution in [0.25, 0.3) is 0 Å². The molecule has 3 aromatic carbocycles. The summed E-state index contributed by atoms with van der Waals surface area (Å²) in [5.74, 6) is 1.16. The van der Waals surface area contributed by atoms with Crippen LogP contribution in [0.3, 0.4) is 0 Å². The molecule has 1 saturated heterocycles. The van der Waals surface area contributed by atoms with Crippen molar-refractivity contribution in [2.45, 2.75) is 31.7 Å². The van der Waals surface area contributed by atoms with Crippen molar-refractivity contribution in [3.05, 3.63) is 89.4 Å². The summed E-state index contributed by atoms with van der Waals surface area (Å²) in [6, 6.07) is 24.1. The highest BCUT2D eigenvalue weighted by molar-refractivity contribution is 6.30. The van der Waals surface area contributed by atoms with Gasteiger partial charge in [-0.25, -0.2) is 0 Å². The predicted molar refractivity (Wildman–Crippen MR) is 152 cm³/mol. The van der Waals surface area contributed by atoms with E-state index in [1.807, 2.05) is 54.6 Å². The predicted octanol–water partition coefficient (Wildman–Crippen LogP) is 4.87. The third-order valence-corrected chi connectivity index (χ3v) is 6.68. The van der Waals surface area contributed by atoms with E-state index >= 15 is 0 Å². The number of nitrogens with one attached hydrogen (secondary N) is 3. The Hall–Kier alpha value is -3.55. The summed E-state index contributed by atoms with van der Waals surface area (Å²) in [5.41, 5.74) is 1.87. The Morgan fingerprint density at radius 3 is 2.21 bits per heavy atom. The van der Waals surface area contributed by atoms with Crippen LogP contribution in [0.15, 0.2) is 78.9 Å². The Balaban J connectivity index is 1.25. The number of amides is 2. The van der Waals surface area contributed by atoms with E-state index in [9.17, 15) is 9.59 Å². The molecule has 1 atom stereocenters. The Kier molecular flexibility index (Phi) is 10.4. The fraction of sp³-hybridized carbons (Fsp3) is 0.333. The number of hydrogen-bond donors (Lipinski definition) is 3. The summed E-state index contributed by atoms with van der Waals surface area (Å²) in [5, 5.41) is 9.85. The number of anilines is 1. The van der Waals surface area contributed by atoms with E-state index in [4.69, 9.17) is 16.3 Å². The molecule has 0 radical (unpaired) electrons. The molecule has 0 saturated carbocycles. The first kappa shape index (κ1) is 27.5. The van der Waals surface area contributed by atoms with E-state index in [0.29, 0.717) is 29.5 Å². The van der Waals surface area contributed by atoms with Gasteiger partial charge in [-0.15, -0.1) is 0 Å². The van der Waals surface area contributed by atoms with Crippen molar-refractivity contribution in [3.63, 3.8) is 0 Å². The molecule has 0 bridgehead atoms. The summed E-state index contributed by atoms with van der Waals surface area (Å²) in [7, 11) is 0. The summed E-state index contributed by atoms with van der Waals surface area (Å²) in [4.78, 5) is 27.8. The second-order valence-electron chi connectivity index (χ2n) is 9.49. The topological polar surface area (TPSA) is 82.7 Å². The molecule has 3 N–H and O–H groups in total. The van der Waals surface area contributed by atoms with Gasteiger partial charge in [0, 0.05) is 36.3 Å². The van der Waals surface area contributed by atoms with E-state index in [1.54, 1.807) is 24.3 Å². The maximum absolute atomic E-state index is 12.8. The third kappa shape index (κ3) is 9.39. The zero-order valence-corrected chi connectivity index (χ0v) is 22.3. The first-order valence-corrected chi connectivity index (χ1v) is 13.5. The van der Waals surface area contributed by atoms with Crippen molar-refractivity contribution in [2.24, 2.45) is 0 Å². The van der Waals surface area contributed by atoms with Crippen LogP contribution >= 0.6 is 11.6 Å². The van der Waals surface area contributed by atoms with Gasteiger partial charge in [-0.2, -0.15) is 0 Å². The average molecular weight is 535 g/mol. The fourth-order valence-electron chi connectivity index (χ4n) is 4.47. The minimum Gasteiger partial charge on any atom is -0.457 e. The molecule has 1 unspecified atom stereocenters. The highest BCUT2D eigenvalue weighted by Crippen LogP contribution is 2.24. The fourth-order valence-corrected chi connectivity index (χ4v) is 4.60. The number of carbonyl (C=O) groups excluding carboxylic acids is 2. The first-order valence-electron chi connectivity index (χ1n) is 13.1. The van der Waals surface area contributed by atoms with Gasteiger partial charge < -0.3 is 25.6 Å². The van der Waals surface area contributed by atoms with Crippen LogP contribution in [0.2, 0.25) is 5.02 Å². The normalized spacial score (nSPS) is 14.0. The van der Waals surface area contributed by atoms with E-state index in [0.717, 1.165) is 30.9 Å². The highest BCUT2D eigenvalue weighted by Gasteiger charge is 2.18. The standard InChI is InChI=1S/C30H35ClN4O3/c31-24-8-12-27(13-9-24)38-28-14-10-25(11-15-28)33-22-30(37)34-26(20-23-6-2-1-3-7-23)21-29(36)32-16-19-35-17-4-5-18-35/h1-3,6-15,26,33H,4-5,16-22H2,(H,32,36)(H,34,37). The Morgan fingerprint density at radius 1 is 0.868 bits per heavy atom. The molecule has 3 aromatic rings. The van der Waals surface area contributed by atoms with Crippen LogP contribution < -0.4 is 20.7 Å². The second kappa shape index (κ2) is 14.4. The lowest BCUT2D eigenvalue weighted by Gasteiger charge is -2.20. The molecule has 2 amide bonds. The highest BCUT2D eigenvalue weighted by atomic mass is 35.5. The van der Waals surface area contributed by atoms with Gasteiger partial charge in [-0.1, -0.05) is 41.9 Å². The van der Waals surface area contributed by atoms with Crippen molar-refractivity contribution in [2.75, 3.05) is 38.0 Å². The van der Waals surface area contributed by atoms with Crippen LogP contribution in [0, 0.1) is 0 Å². The van der Waals surface area contributed by atoms with E-state index in [2.05, 4.69) is 20.9 Å². The second-order valence-corrected chi connectivity index (χ2v) is 9.93. The minimum absolute atomic E-state index is 0.0466. The molecule has 38 heavy (non-hydrogen) atoms. The average Bonchev–Trinajstić information content (AvgIpc) is 3.44. The molecule has 0 aliphatic carbocycles. The maximum Gasteiger partial charge on any atom is 0.239 e. The lowest BCUT2D eigenvalue weighted by Crippen LogP contribution is -2.43. The molecule has 7 nitrogen and oxygen atoms in total. The quantitative estimate of drug-likeness (QED) is 0.291. The van der Waals surface area contributed by atoms with Crippen LogP contribution in [0.4, 0.5) is 5.69 Å². The number of ether oxygens (including phenoxy) is 1. The number of halogens is 1. The molecule has 8 heteroatoms. The van der Waals surface area contributed by atoms with Crippen LogP contribution in [0.5, 0.6) is 11.5 Å². The van der Waals surface area contributed by atoms with Crippen molar-refractivity contribution in [1.29, 1.82) is 0 Å². The number of benzene rings is 3. The monoisotopic (exact) mass is 534 g/mol. The molecule has 1 fully saturated rings. The van der Waals surface area contributed by atoms with Gasteiger partial charge in [0.05, 0.1) is 6.54 Å². The largest absolute Gasteiger partial charge is 0.457 e. The third-order valence-electron chi connectivity index (χ3n) is 6.43. The molecule has 1 aliphatic heterocycles. The van der Waals surface area contributed by atoms with Crippen LogP contribution in [-0.2, 0) is 16.0 Å². The molecule has 1 heterocycles.